The van der Waals surface area contributed by atoms with E-state index in [9.17, 15) is 9.59 Å². The highest BCUT2D eigenvalue weighted by atomic mass is 35.5. The van der Waals surface area contributed by atoms with Gasteiger partial charge in [-0.1, -0.05) is 65.7 Å². The van der Waals surface area contributed by atoms with E-state index in [4.69, 9.17) is 23.2 Å². The van der Waals surface area contributed by atoms with Crippen LogP contribution in [0.25, 0.3) is 11.1 Å². The van der Waals surface area contributed by atoms with E-state index < -0.39 is 0 Å². The maximum Gasteiger partial charge on any atom is 0.258 e. The fraction of sp³-hybridized carbons (Fsp3) is 0.103. The lowest BCUT2D eigenvalue weighted by Crippen LogP contribution is -2.33. The number of hydrogen-bond donors (Lipinski definition) is 1. The molecule has 0 saturated carbocycles. The average molecular weight is 501 g/mol. The molecule has 0 aromatic heterocycles. The van der Waals surface area contributed by atoms with Crippen LogP contribution in [0.4, 0.5) is 11.4 Å². The van der Waals surface area contributed by atoms with Crippen molar-refractivity contribution in [2.75, 3.05) is 16.8 Å². The molecule has 0 atom stereocenters. The monoisotopic (exact) mass is 500 g/mol. The summed E-state index contributed by atoms with van der Waals surface area (Å²) in [6.45, 7) is 2.45. The molecular formula is C29H22Cl2N2O2. The first-order valence-electron chi connectivity index (χ1n) is 11.3. The van der Waals surface area contributed by atoms with Gasteiger partial charge in [-0.25, -0.2) is 0 Å². The third kappa shape index (κ3) is 4.55. The third-order valence-electron chi connectivity index (χ3n) is 6.24. The number of fused-ring (bicyclic) bond motifs is 3. The van der Waals surface area contributed by atoms with Crippen molar-refractivity contribution in [3.8, 4) is 11.1 Å². The number of rotatable bonds is 3. The van der Waals surface area contributed by atoms with Crippen molar-refractivity contribution in [3.05, 3.63) is 117 Å². The molecule has 1 heterocycles. The van der Waals surface area contributed by atoms with Crippen molar-refractivity contribution in [2.24, 2.45) is 0 Å². The number of anilines is 2. The Morgan fingerprint density at radius 1 is 0.829 bits per heavy atom. The van der Waals surface area contributed by atoms with Gasteiger partial charge in [0, 0.05) is 28.4 Å². The summed E-state index contributed by atoms with van der Waals surface area (Å²) in [4.78, 5) is 28.3. The van der Waals surface area contributed by atoms with Crippen LogP contribution in [0.2, 0.25) is 10.0 Å². The molecule has 1 N–H and O–H groups in total. The number of carbonyl (C=O) groups excluding carboxylic acids is 2. The molecule has 5 rings (SSSR count). The first-order valence-corrected chi connectivity index (χ1v) is 12.0. The van der Waals surface area contributed by atoms with E-state index >= 15 is 0 Å². The summed E-state index contributed by atoms with van der Waals surface area (Å²) in [5.74, 6) is -0.411. The summed E-state index contributed by atoms with van der Waals surface area (Å²) >= 11 is 12.1. The molecule has 4 nitrogen and oxygen atoms in total. The van der Waals surface area contributed by atoms with Crippen LogP contribution >= 0.6 is 23.2 Å². The van der Waals surface area contributed by atoms with Gasteiger partial charge >= 0.3 is 0 Å². The predicted molar refractivity (Wildman–Crippen MR) is 143 cm³/mol. The number of para-hydroxylation sites is 1. The number of aryl methyl sites for hydroxylation is 1. The number of benzene rings is 4. The van der Waals surface area contributed by atoms with Crippen molar-refractivity contribution in [3.63, 3.8) is 0 Å². The molecule has 0 bridgehead atoms. The van der Waals surface area contributed by atoms with Gasteiger partial charge in [0.15, 0.2) is 0 Å². The molecule has 4 aromatic carbocycles. The van der Waals surface area contributed by atoms with Gasteiger partial charge < -0.3 is 10.2 Å². The summed E-state index contributed by atoms with van der Waals surface area (Å²) in [5, 5.41) is 3.59. The van der Waals surface area contributed by atoms with Gasteiger partial charge in [0.2, 0.25) is 0 Å². The quantitative estimate of drug-likeness (QED) is 0.318. The van der Waals surface area contributed by atoms with Gasteiger partial charge in [-0.15, -0.1) is 0 Å². The summed E-state index contributed by atoms with van der Waals surface area (Å²) in [6.07, 6.45) is 0.769. The van der Waals surface area contributed by atoms with Crippen molar-refractivity contribution < 1.29 is 9.59 Å². The second kappa shape index (κ2) is 9.57. The van der Waals surface area contributed by atoms with E-state index in [1.165, 1.54) is 11.6 Å². The van der Waals surface area contributed by atoms with Crippen LogP contribution in [0.1, 0.15) is 31.8 Å². The Kier molecular flexibility index (Phi) is 6.33. The molecule has 0 saturated heterocycles. The Hall–Kier alpha value is -3.60. The molecule has 1 aliphatic rings. The average Bonchev–Trinajstić information content (AvgIpc) is 3.01. The highest BCUT2D eigenvalue weighted by Crippen LogP contribution is 2.37. The number of halogens is 2. The minimum atomic E-state index is -0.343. The van der Waals surface area contributed by atoms with Crippen LogP contribution < -0.4 is 10.2 Å². The zero-order valence-corrected chi connectivity index (χ0v) is 20.5. The van der Waals surface area contributed by atoms with E-state index in [1.807, 2.05) is 42.2 Å². The lowest BCUT2D eigenvalue weighted by Gasteiger charge is -2.24. The van der Waals surface area contributed by atoms with Gasteiger partial charge in [0.1, 0.15) is 0 Å². The molecule has 2 amide bonds. The second-order valence-electron chi connectivity index (χ2n) is 8.49. The van der Waals surface area contributed by atoms with Crippen LogP contribution in [0.5, 0.6) is 0 Å². The summed E-state index contributed by atoms with van der Waals surface area (Å²) in [5.41, 5.74) is 6.61. The van der Waals surface area contributed by atoms with E-state index in [-0.39, 0.29) is 16.8 Å². The Bertz CT molecular complexity index is 1470. The Morgan fingerprint density at radius 2 is 1.54 bits per heavy atom. The van der Waals surface area contributed by atoms with E-state index in [1.54, 1.807) is 30.3 Å². The lowest BCUT2D eigenvalue weighted by molar-refractivity contribution is 0.0985. The van der Waals surface area contributed by atoms with Crippen LogP contribution in [0.15, 0.2) is 84.9 Å². The standard InChI is InChI=1S/C29H22Cl2N2O2/c1-18-16-21(32-28(34)25-12-10-20(30)17-26(25)31)11-13-22(18)29(35)33-15-14-19-6-2-3-7-23(19)24-8-4-5-9-27(24)33/h2-13,16-17H,14-15H2,1H3,(H,32,34). The molecule has 1 aliphatic heterocycles. The van der Waals surface area contributed by atoms with Crippen LogP contribution in [0, 0.1) is 6.92 Å². The molecule has 0 aliphatic carbocycles. The molecule has 0 fully saturated rings. The van der Waals surface area contributed by atoms with Gasteiger partial charge in [0.05, 0.1) is 16.3 Å². The number of nitrogens with one attached hydrogen (secondary N) is 1. The van der Waals surface area contributed by atoms with Crippen molar-refractivity contribution in [1.29, 1.82) is 0 Å². The van der Waals surface area contributed by atoms with E-state index in [0.29, 0.717) is 28.4 Å². The molecule has 0 radical (unpaired) electrons. The van der Waals surface area contributed by atoms with E-state index in [0.717, 1.165) is 28.8 Å². The first-order chi connectivity index (χ1) is 16.9. The Morgan fingerprint density at radius 3 is 2.31 bits per heavy atom. The normalized spacial score (nSPS) is 12.4. The molecule has 0 unspecified atom stereocenters. The highest BCUT2D eigenvalue weighted by molar-refractivity contribution is 6.37. The van der Waals surface area contributed by atoms with Gasteiger partial charge in [-0.05, 0) is 72.5 Å². The Labute approximate surface area is 214 Å². The van der Waals surface area contributed by atoms with Gasteiger partial charge in [0.25, 0.3) is 11.8 Å². The smallest absolute Gasteiger partial charge is 0.258 e. The van der Waals surface area contributed by atoms with Crippen molar-refractivity contribution >= 4 is 46.4 Å². The summed E-state index contributed by atoms with van der Waals surface area (Å²) in [7, 11) is 0. The lowest BCUT2D eigenvalue weighted by atomic mass is 9.98. The molecule has 174 valence electrons. The minimum Gasteiger partial charge on any atom is -0.322 e. The Balaban J connectivity index is 1.42. The highest BCUT2D eigenvalue weighted by Gasteiger charge is 2.25. The number of carbonyl (C=O) groups is 2. The second-order valence-corrected chi connectivity index (χ2v) is 9.33. The summed E-state index contributed by atoms with van der Waals surface area (Å²) < 4.78 is 0. The zero-order valence-electron chi connectivity index (χ0n) is 19.0. The predicted octanol–water partition coefficient (Wildman–Crippen LogP) is 7.42. The minimum absolute atomic E-state index is 0.0682. The molecule has 0 spiro atoms. The fourth-order valence-corrected chi connectivity index (χ4v) is 4.99. The third-order valence-corrected chi connectivity index (χ3v) is 6.79. The first kappa shape index (κ1) is 23.2. The summed E-state index contributed by atoms with van der Waals surface area (Å²) in [6, 6.07) is 26.3. The maximum atomic E-state index is 13.7. The SMILES string of the molecule is Cc1cc(NC(=O)c2ccc(Cl)cc2Cl)ccc1C(=O)N1CCc2ccccc2-c2ccccc21. The number of hydrogen-bond acceptors (Lipinski definition) is 2. The topological polar surface area (TPSA) is 49.4 Å². The van der Waals surface area contributed by atoms with Crippen LogP contribution in [0.3, 0.4) is 0 Å². The van der Waals surface area contributed by atoms with E-state index in [2.05, 4.69) is 23.5 Å². The maximum absolute atomic E-state index is 13.7. The molecular weight excluding hydrogens is 479 g/mol. The fourth-order valence-electron chi connectivity index (χ4n) is 4.50. The largest absolute Gasteiger partial charge is 0.322 e. The van der Waals surface area contributed by atoms with Gasteiger partial charge in [-0.3, -0.25) is 9.59 Å². The molecule has 4 aromatic rings. The van der Waals surface area contributed by atoms with Crippen molar-refractivity contribution in [2.45, 2.75) is 13.3 Å². The van der Waals surface area contributed by atoms with Crippen LogP contribution in [-0.4, -0.2) is 18.4 Å². The van der Waals surface area contributed by atoms with Crippen molar-refractivity contribution in [1.82, 2.24) is 0 Å². The van der Waals surface area contributed by atoms with Gasteiger partial charge in [-0.2, -0.15) is 0 Å². The number of nitrogens with zero attached hydrogens (tertiary/aromatic N) is 1. The molecule has 6 heteroatoms. The molecule has 35 heavy (non-hydrogen) atoms. The number of amides is 2. The zero-order chi connectivity index (χ0) is 24.5. The van der Waals surface area contributed by atoms with Crippen LogP contribution in [-0.2, 0) is 6.42 Å².